The summed E-state index contributed by atoms with van der Waals surface area (Å²) in [6.45, 7) is 5.66. The van der Waals surface area contributed by atoms with Crippen LogP contribution in [0.5, 0.6) is 0 Å². The number of amides is 1. The van der Waals surface area contributed by atoms with Gasteiger partial charge in [-0.05, 0) is 37.8 Å². The lowest BCUT2D eigenvalue weighted by molar-refractivity contribution is -0.118. The molecule has 2 unspecified atom stereocenters. The number of nitrogen functional groups attached to an aromatic ring is 1. The van der Waals surface area contributed by atoms with Gasteiger partial charge in [0.15, 0.2) is 0 Å². The summed E-state index contributed by atoms with van der Waals surface area (Å²) in [4.78, 5) is 14.4. The van der Waals surface area contributed by atoms with Crippen LogP contribution >= 0.6 is 23.2 Å². The number of piperidine rings is 1. The van der Waals surface area contributed by atoms with Crippen molar-refractivity contribution < 1.29 is 4.79 Å². The molecule has 1 aromatic rings. The maximum absolute atomic E-state index is 12.2. The van der Waals surface area contributed by atoms with Crippen molar-refractivity contribution in [3.8, 4) is 0 Å². The molecule has 116 valence electrons. The minimum absolute atomic E-state index is 0.107. The number of benzene rings is 1. The zero-order valence-corrected chi connectivity index (χ0v) is 13.8. The smallest absolute Gasteiger partial charge is 0.238 e. The van der Waals surface area contributed by atoms with Crippen LogP contribution in [0.15, 0.2) is 12.1 Å². The van der Waals surface area contributed by atoms with Gasteiger partial charge in [0.1, 0.15) is 0 Å². The summed E-state index contributed by atoms with van der Waals surface area (Å²) in [5.41, 5.74) is 6.55. The molecule has 0 spiro atoms. The number of hydrogen-bond acceptors (Lipinski definition) is 3. The molecule has 1 aliphatic rings. The van der Waals surface area contributed by atoms with Gasteiger partial charge in [-0.15, -0.1) is 0 Å². The quantitative estimate of drug-likeness (QED) is 0.832. The van der Waals surface area contributed by atoms with E-state index >= 15 is 0 Å². The molecule has 1 saturated heterocycles. The third-order valence-electron chi connectivity index (χ3n) is 3.92. The molecule has 2 rings (SSSR count). The highest BCUT2D eigenvalue weighted by molar-refractivity contribution is 6.40. The second kappa shape index (κ2) is 6.86. The molecule has 4 nitrogen and oxygen atoms in total. The zero-order chi connectivity index (χ0) is 15.6. The highest BCUT2D eigenvalue weighted by atomic mass is 35.5. The van der Waals surface area contributed by atoms with Gasteiger partial charge >= 0.3 is 0 Å². The van der Waals surface area contributed by atoms with E-state index in [9.17, 15) is 4.79 Å². The molecule has 1 heterocycles. The maximum Gasteiger partial charge on any atom is 0.238 e. The molecule has 1 fully saturated rings. The largest absolute Gasteiger partial charge is 0.399 e. The second-order valence-corrected chi connectivity index (χ2v) is 6.68. The minimum atomic E-state index is -0.107. The van der Waals surface area contributed by atoms with E-state index in [1.165, 1.54) is 6.42 Å². The van der Waals surface area contributed by atoms with Crippen molar-refractivity contribution in [1.82, 2.24) is 4.90 Å². The van der Waals surface area contributed by atoms with E-state index in [0.29, 0.717) is 39.9 Å². The molecule has 2 atom stereocenters. The Morgan fingerprint density at radius 1 is 1.33 bits per heavy atom. The van der Waals surface area contributed by atoms with Gasteiger partial charge in [-0.3, -0.25) is 9.69 Å². The summed E-state index contributed by atoms with van der Waals surface area (Å²) in [5, 5.41) is 3.50. The van der Waals surface area contributed by atoms with Crippen LogP contribution in [-0.4, -0.2) is 29.9 Å². The van der Waals surface area contributed by atoms with Gasteiger partial charge in [0.25, 0.3) is 0 Å². The first-order valence-corrected chi connectivity index (χ1v) is 7.91. The lowest BCUT2D eigenvalue weighted by atomic mass is 9.95. The summed E-state index contributed by atoms with van der Waals surface area (Å²) in [6.07, 6.45) is 2.34. The van der Waals surface area contributed by atoms with Crippen LogP contribution in [0.2, 0.25) is 10.0 Å². The lowest BCUT2D eigenvalue weighted by Crippen LogP contribution is -2.45. The molecule has 0 bridgehead atoms. The maximum atomic E-state index is 12.2. The van der Waals surface area contributed by atoms with Gasteiger partial charge in [0, 0.05) is 18.3 Å². The van der Waals surface area contributed by atoms with Crippen molar-refractivity contribution in [2.45, 2.75) is 32.7 Å². The Balaban J connectivity index is 2.02. The molecular weight excluding hydrogens is 309 g/mol. The number of carbonyl (C=O) groups is 1. The Morgan fingerprint density at radius 3 is 2.57 bits per heavy atom. The molecule has 6 heteroatoms. The van der Waals surface area contributed by atoms with Crippen molar-refractivity contribution in [3.63, 3.8) is 0 Å². The van der Waals surface area contributed by atoms with Crippen LogP contribution in [0.25, 0.3) is 0 Å². The van der Waals surface area contributed by atoms with Crippen molar-refractivity contribution in [2.75, 3.05) is 24.1 Å². The van der Waals surface area contributed by atoms with Crippen LogP contribution in [0.1, 0.15) is 26.7 Å². The fourth-order valence-corrected chi connectivity index (χ4v) is 3.27. The first kappa shape index (κ1) is 16.4. The Kier molecular flexibility index (Phi) is 5.36. The standard InChI is InChI=1S/C15H21Cl2N3O/c1-9-3-4-10(2)20(7-9)8-14(21)19-15-12(16)5-11(18)6-13(15)17/h5-6,9-10H,3-4,7-8,18H2,1-2H3,(H,19,21). The molecule has 1 aromatic carbocycles. The fourth-order valence-electron chi connectivity index (χ4n) is 2.68. The topological polar surface area (TPSA) is 58.4 Å². The van der Waals surface area contributed by atoms with Crippen molar-refractivity contribution in [2.24, 2.45) is 5.92 Å². The molecule has 1 amide bonds. The van der Waals surface area contributed by atoms with Gasteiger partial charge in [-0.1, -0.05) is 30.1 Å². The zero-order valence-electron chi connectivity index (χ0n) is 12.3. The Hall–Kier alpha value is -0.970. The predicted octanol–water partition coefficient (Wildman–Crippen LogP) is 3.63. The second-order valence-electron chi connectivity index (χ2n) is 5.87. The predicted molar refractivity (Wildman–Crippen MR) is 88.9 cm³/mol. The number of rotatable bonds is 3. The summed E-state index contributed by atoms with van der Waals surface area (Å²) < 4.78 is 0. The van der Waals surface area contributed by atoms with Gasteiger partial charge in [-0.25, -0.2) is 0 Å². The third kappa shape index (κ3) is 4.25. The van der Waals surface area contributed by atoms with Gasteiger partial charge in [-0.2, -0.15) is 0 Å². The van der Waals surface area contributed by atoms with E-state index in [0.717, 1.165) is 13.0 Å². The normalized spacial score (nSPS) is 23.0. The first-order chi connectivity index (χ1) is 9.86. The monoisotopic (exact) mass is 329 g/mol. The number of nitrogens with zero attached hydrogens (tertiary/aromatic N) is 1. The van der Waals surface area contributed by atoms with Crippen molar-refractivity contribution in [1.29, 1.82) is 0 Å². The molecule has 0 radical (unpaired) electrons. The number of hydrogen-bond donors (Lipinski definition) is 2. The molecule has 21 heavy (non-hydrogen) atoms. The Bertz CT molecular complexity index is 513. The van der Waals surface area contributed by atoms with E-state index in [4.69, 9.17) is 28.9 Å². The molecule has 1 aliphatic heterocycles. The highest BCUT2D eigenvalue weighted by Gasteiger charge is 2.24. The number of nitrogens with two attached hydrogens (primary N) is 1. The van der Waals surface area contributed by atoms with E-state index in [2.05, 4.69) is 24.1 Å². The number of halogens is 2. The average Bonchev–Trinajstić information content (AvgIpc) is 2.38. The highest BCUT2D eigenvalue weighted by Crippen LogP contribution is 2.32. The van der Waals surface area contributed by atoms with Gasteiger partial charge in [0.2, 0.25) is 5.91 Å². The SMILES string of the molecule is CC1CCC(C)N(CC(=O)Nc2c(Cl)cc(N)cc2Cl)C1. The van der Waals surface area contributed by atoms with Gasteiger partial charge in [0.05, 0.1) is 22.3 Å². The van der Waals surface area contributed by atoms with E-state index in [-0.39, 0.29) is 5.91 Å². The summed E-state index contributed by atoms with van der Waals surface area (Å²) in [6, 6.07) is 3.58. The number of nitrogens with one attached hydrogen (secondary N) is 1. The first-order valence-electron chi connectivity index (χ1n) is 7.15. The Labute approximate surface area is 135 Å². The molecule has 0 aliphatic carbocycles. The van der Waals surface area contributed by atoms with Crippen LogP contribution in [0.3, 0.4) is 0 Å². The third-order valence-corrected chi connectivity index (χ3v) is 4.52. The Morgan fingerprint density at radius 2 is 1.95 bits per heavy atom. The summed E-state index contributed by atoms with van der Waals surface area (Å²) >= 11 is 12.2. The summed E-state index contributed by atoms with van der Waals surface area (Å²) in [5.74, 6) is 0.516. The van der Waals surface area contributed by atoms with Crippen molar-refractivity contribution in [3.05, 3.63) is 22.2 Å². The molecule has 3 N–H and O–H groups in total. The molecule has 0 aromatic heterocycles. The van der Waals surface area contributed by atoms with Crippen LogP contribution in [-0.2, 0) is 4.79 Å². The number of likely N-dealkylation sites (tertiary alicyclic amines) is 1. The average molecular weight is 330 g/mol. The van der Waals surface area contributed by atoms with Crippen LogP contribution in [0, 0.1) is 5.92 Å². The van der Waals surface area contributed by atoms with E-state index in [1.807, 2.05) is 0 Å². The fraction of sp³-hybridized carbons (Fsp3) is 0.533. The lowest BCUT2D eigenvalue weighted by Gasteiger charge is -2.36. The molecule has 0 saturated carbocycles. The van der Waals surface area contributed by atoms with E-state index < -0.39 is 0 Å². The van der Waals surface area contributed by atoms with Crippen LogP contribution in [0.4, 0.5) is 11.4 Å². The molecular formula is C15H21Cl2N3O. The van der Waals surface area contributed by atoms with Crippen LogP contribution < -0.4 is 11.1 Å². The van der Waals surface area contributed by atoms with Gasteiger partial charge < -0.3 is 11.1 Å². The summed E-state index contributed by atoms with van der Waals surface area (Å²) in [7, 11) is 0. The van der Waals surface area contributed by atoms with E-state index in [1.54, 1.807) is 12.1 Å². The van der Waals surface area contributed by atoms with Crippen molar-refractivity contribution >= 4 is 40.5 Å². The number of carbonyl (C=O) groups excluding carboxylic acids is 1. The number of anilines is 2. The minimum Gasteiger partial charge on any atom is -0.399 e.